The van der Waals surface area contributed by atoms with Gasteiger partial charge in [0.05, 0.1) is 5.41 Å². The molecule has 3 aromatic rings. The Kier molecular flexibility index (Phi) is 10.9. The lowest BCUT2D eigenvalue weighted by atomic mass is 9.95. The highest BCUT2D eigenvalue weighted by atomic mass is 16.6. The SMILES string of the molecule is CC(C)(C)OC(=O)NCC1CCN(c2ccc(CCC(=Cc3ccc(OC(=O)C(C)(C)C)cc3)c3ccccc3)cc2)CC1. The van der Waals surface area contributed by atoms with Crippen LogP contribution in [0.4, 0.5) is 10.5 Å². The number of carbonyl (C=O) groups is 2. The van der Waals surface area contributed by atoms with Gasteiger partial charge in [0.15, 0.2) is 0 Å². The van der Waals surface area contributed by atoms with Crippen molar-refractivity contribution in [1.82, 2.24) is 5.32 Å². The van der Waals surface area contributed by atoms with Gasteiger partial charge in [0.2, 0.25) is 0 Å². The number of nitrogens with one attached hydrogen (secondary N) is 1. The van der Waals surface area contributed by atoms with Crippen molar-refractivity contribution in [2.24, 2.45) is 11.3 Å². The summed E-state index contributed by atoms with van der Waals surface area (Å²) in [5.41, 5.74) is 5.06. The van der Waals surface area contributed by atoms with Gasteiger partial charge in [0, 0.05) is 25.3 Å². The van der Waals surface area contributed by atoms with E-state index in [-0.39, 0.29) is 12.1 Å². The first-order valence-electron chi connectivity index (χ1n) is 15.7. The van der Waals surface area contributed by atoms with Gasteiger partial charge in [-0.25, -0.2) is 4.79 Å². The fourth-order valence-electron chi connectivity index (χ4n) is 5.14. The van der Waals surface area contributed by atoms with Crippen molar-refractivity contribution in [2.75, 3.05) is 24.5 Å². The number of ether oxygens (including phenoxy) is 2. The highest BCUT2D eigenvalue weighted by molar-refractivity contribution is 5.82. The molecule has 1 fully saturated rings. The van der Waals surface area contributed by atoms with Crippen molar-refractivity contribution in [3.8, 4) is 5.75 Å². The number of anilines is 1. The maximum absolute atomic E-state index is 12.3. The molecule has 0 radical (unpaired) electrons. The van der Waals surface area contributed by atoms with Crippen LogP contribution in [0.5, 0.6) is 5.75 Å². The predicted molar refractivity (Wildman–Crippen MR) is 180 cm³/mol. The van der Waals surface area contributed by atoms with Crippen molar-refractivity contribution >= 4 is 29.4 Å². The minimum atomic E-state index is -0.545. The van der Waals surface area contributed by atoms with Gasteiger partial charge in [-0.15, -0.1) is 0 Å². The monoisotopic (exact) mass is 596 g/mol. The molecule has 0 aliphatic carbocycles. The molecule has 1 aliphatic rings. The van der Waals surface area contributed by atoms with Gasteiger partial charge in [-0.2, -0.15) is 0 Å². The fourth-order valence-corrected chi connectivity index (χ4v) is 5.14. The summed E-state index contributed by atoms with van der Waals surface area (Å²) in [5.74, 6) is 0.787. The molecular formula is C38H48N2O4. The number of rotatable bonds is 9. The van der Waals surface area contributed by atoms with Crippen molar-refractivity contribution in [1.29, 1.82) is 0 Å². The van der Waals surface area contributed by atoms with E-state index in [1.165, 1.54) is 22.4 Å². The van der Waals surface area contributed by atoms with Gasteiger partial charge in [-0.05, 0) is 120 Å². The van der Waals surface area contributed by atoms with E-state index in [0.717, 1.165) is 44.3 Å². The molecule has 234 valence electrons. The standard InChI is InChI=1S/C38H48N2O4/c1-37(2,3)35(41)43-34-20-15-29(16-21-34)26-32(31-10-8-7-9-11-31)17-12-28-13-18-33(19-14-28)40-24-22-30(23-25-40)27-39-36(42)44-38(4,5)6/h7-11,13-16,18-21,26,30H,12,17,22-25,27H2,1-6H3,(H,39,42). The van der Waals surface area contributed by atoms with E-state index in [1.54, 1.807) is 0 Å². The van der Waals surface area contributed by atoms with Crippen molar-refractivity contribution < 1.29 is 19.1 Å². The summed E-state index contributed by atoms with van der Waals surface area (Å²) in [6, 6.07) is 27.2. The Labute approximate surface area is 263 Å². The third-order valence-corrected chi connectivity index (χ3v) is 7.72. The van der Waals surface area contributed by atoms with Crippen LogP contribution in [0, 0.1) is 11.3 Å². The smallest absolute Gasteiger partial charge is 0.407 e. The van der Waals surface area contributed by atoms with Crippen LogP contribution in [-0.4, -0.2) is 37.3 Å². The number of aryl methyl sites for hydroxylation is 1. The number of esters is 1. The lowest BCUT2D eigenvalue weighted by molar-refractivity contribution is -0.143. The maximum atomic E-state index is 12.3. The summed E-state index contributed by atoms with van der Waals surface area (Å²) < 4.78 is 10.9. The zero-order valence-electron chi connectivity index (χ0n) is 27.2. The second-order valence-electron chi connectivity index (χ2n) is 13.7. The molecule has 6 nitrogen and oxygen atoms in total. The Balaban J connectivity index is 1.33. The minimum absolute atomic E-state index is 0.242. The summed E-state index contributed by atoms with van der Waals surface area (Å²) in [6.07, 6.45) is 5.81. The number of allylic oxidation sites excluding steroid dienone is 1. The first kappa shape index (κ1) is 32.8. The number of amides is 1. The van der Waals surface area contributed by atoms with Crippen LogP contribution in [0.15, 0.2) is 78.9 Å². The van der Waals surface area contributed by atoms with E-state index in [0.29, 0.717) is 18.2 Å². The molecule has 1 heterocycles. The molecule has 1 N–H and O–H groups in total. The van der Waals surface area contributed by atoms with E-state index < -0.39 is 11.0 Å². The molecule has 44 heavy (non-hydrogen) atoms. The summed E-state index contributed by atoms with van der Waals surface area (Å²) in [5, 5.41) is 2.93. The molecule has 0 atom stereocenters. The van der Waals surface area contributed by atoms with Crippen LogP contribution in [0.1, 0.15) is 77.5 Å². The Morgan fingerprint density at radius 1 is 0.864 bits per heavy atom. The van der Waals surface area contributed by atoms with Gasteiger partial charge >= 0.3 is 12.1 Å². The molecule has 0 spiro atoms. The molecule has 0 bridgehead atoms. The topological polar surface area (TPSA) is 67.9 Å². The molecule has 4 rings (SSSR count). The number of carbonyl (C=O) groups excluding carboxylic acids is 2. The number of nitrogens with zero attached hydrogens (tertiary/aromatic N) is 1. The van der Waals surface area contributed by atoms with Gasteiger partial charge in [0.25, 0.3) is 0 Å². The number of alkyl carbamates (subject to hydrolysis) is 1. The largest absolute Gasteiger partial charge is 0.444 e. The summed E-state index contributed by atoms with van der Waals surface area (Å²) >= 11 is 0. The second kappa shape index (κ2) is 14.6. The molecular weight excluding hydrogens is 548 g/mol. The van der Waals surface area contributed by atoms with Crippen molar-refractivity contribution in [3.63, 3.8) is 0 Å². The van der Waals surface area contributed by atoms with E-state index in [4.69, 9.17) is 9.47 Å². The van der Waals surface area contributed by atoms with Gasteiger partial charge in [-0.3, -0.25) is 4.79 Å². The minimum Gasteiger partial charge on any atom is -0.444 e. The van der Waals surface area contributed by atoms with Gasteiger partial charge < -0.3 is 19.7 Å². The molecule has 3 aromatic carbocycles. The second-order valence-corrected chi connectivity index (χ2v) is 13.7. The van der Waals surface area contributed by atoms with Crippen LogP contribution in [-0.2, 0) is 16.0 Å². The molecule has 1 amide bonds. The highest BCUT2D eigenvalue weighted by Crippen LogP contribution is 2.27. The lowest BCUT2D eigenvalue weighted by Gasteiger charge is -2.34. The Bertz CT molecular complexity index is 1390. The van der Waals surface area contributed by atoms with E-state index >= 15 is 0 Å². The quantitative estimate of drug-likeness (QED) is 0.152. The summed E-state index contributed by atoms with van der Waals surface area (Å²) in [7, 11) is 0. The van der Waals surface area contributed by atoms with Crippen molar-refractivity contribution in [2.45, 2.75) is 72.8 Å². The summed E-state index contributed by atoms with van der Waals surface area (Å²) in [4.78, 5) is 26.7. The van der Waals surface area contributed by atoms with Crippen LogP contribution < -0.4 is 15.0 Å². The van der Waals surface area contributed by atoms with E-state index in [1.807, 2.05) is 71.9 Å². The molecule has 0 aromatic heterocycles. The Hall–Kier alpha value is -4.06. The third kappa shape index (κ3) is 10.3. The average molecular weight is 597 g/mol. The number of piperidine rings is 1. The number of hydrogen-bond acceptors (Lipinski definition) is 5. The highest BCUT2D eigenvalue weighted by Gasteiger charge is 2.24. The van der Waals surface area contributed by atoms with Crippen LogP contribution in [0.2, 0.25) is 0 Å². The zero-order valence-corrected chi connectivity index (χ0v) is 27.2. The number of benzene rings is 3. The molecule has 1 aliphatic heterocycles. The molecule has 0 saturated carbocycles. The Morgan fingerprint density at radius 3 is 2.09 bits per heavy atom. The zero-order chi connectivity index (χ0) is 31.7. The normalized spacial score (nSPS) is 14.7. The first-order chi connectivity index (χ1) is 20.9. The first-order valence-corrected chi connectivity index (χ1v) is 15.7. The molecule has 6 heteroatoms. The van der Waals surface area contributed by atoms with Crippen LogP contribution >= 0.6 is 0 Å². The number of hydrogen-bond donors (Lipinski definition) is 1. The van der Waals surface area contributed by atoms with Crippen molar-refractivity contribution in [3.05, 3.63) is 95.6 Å². The van der Waals surface area contributed by atoms with Gasteiger partial charge in [-0.1, -0.05) is 60.7 Å². The van der Waals surface area contributed by atoms with E-state index in [9.17, 15) is 9.59 Å². The van der Waals surface area contributed by atoms with Gasteiger partial charge in [0.1, 0.15) is 11.4 Å². The Morgan fingerprint density at radius 2 is 1.50 bits per heavy atom. The third-order valence-electron chi connectivity index (χ3n) is 7.72. The predicted octanol–water partition coefficient (Wildman–Crippen LogP) is 8.55. The van der Waals surface area contributed by atoms with Crippen LogP contribution in [0.3, 0.4) is 0 Å². The molecule has 1 saturated heterocycles. The fraction of sp³-hybridized carbons (Fsp3) is 0.421. The maximum Gasteiger partial charge on any atom is 0.407 e. The average Bonchev–Trinajstić information content (AvgIpc) is 2.99. The lowest BCUT2D eigenvalue weighted by Crippen LogP contribution is -2.40. The van der Waals surface area contributed by atoms with E-state index in [2.05, 4.69) is 64.8 Å². The molecule has 0 unspecified atom stereocenters. The summed E-state index contributed by atoms with van der Waals surface area (Å²) in [6.45, 7) is 13.8. The van der Waals surface area contributed by atoms with Crippen LogP contribution in [0.25, 0.3) is 11.6 Å².